The van der Waals surface area contributed by atoms with E-state index in [1.807, 2.05) is 50.5 Å². The number of aromatic amines is 2. The van der Waals surface area contributed by atoms with E-state index in [0.29, 0.717) is 37.6 Å². The first kappa shape index (κ1) is 37.7. The second-order valence-corrected chi connectivity index (χ2v) is 15.4. The van der Waals surface area contributed by atoms with Gasteiger partial charge in [0.15, 0.2) is 11.6 Å². The van der Waals surface area contributed by atoms with Crippen molar-refractivity contribution >= 4 is 23.9 Å². The molecule has 57 heavy (non-hydrogen) atoms. The smallest absolute Gasteiger partial charge is 0.407 e. The third kappa shape index (κ3) is 7.41. The van der Waals surface area contributed by atoms with Crippen LogP contribution in [0.2, 0.25) is 0 Å². The molecule has 5 heterocycles. The molecule has 3 aromatic heterocycles. The maximum atomic E-state index is 13.8. The van der Waals surface area contributed by atoms with Crippen LogP contribution in [0.3, 0.4) is 0 Å². The number of amides is 3. The maximum Gasteiger partial charge on any atom is 0.407 e. The van der Waals surface area contributed by atoms with E-state index in [-0.39, 0.29) is 35.6 Å². The van der Waals surface area contributed by atoms with Crippen LogP contribution >= 0.6 is 0 Å². The van der Waals surface area contributed by atoms with E-state index in [2.05, 4.69) is 65.7 Å². The quantitative estimate of drug-likeness (QED) is 0.142. The number of aromatic nitrogens is 6. The van der Waals surface area contributed by atoms with Crippen molar-refractivity contribution in [1.29, 1.82) is 0 Å². The lowest BCUT2D eigenvalue weighted by atomic mass is 9.79. The van der Waals surface area contributed by atoms with Crippen molar-refractivity contribution in [2.45, 2.75) is 82.5 Å². The van der Waals surface area contributed by atoms with E-state index in [1.54, 1.807) is 4.90 Å². The number of benzene rings is 2. The normalized spacial score (nSPS) is 20.8. The van der Waals surface area contributed by atoms with Gasteiger partial charge in [0, 0.05) is 48.9 Å². The summed E-state index contributed by atoms with van der Waals surface area (Å²) >= 11 is 0. The molecule has 0 spiro atoms. The molecule has 5 atom stereocenters. The van der Waals surface area contributed by atoms with Gasteiger partial charge in [-0.1, -0.05) is 62.4 Å². The fourth-order valence-corrected chi connectivity index (χ4v) is 8.65. The number of ketones is 1. The number of ether oxygens (including phenoxy) is 2. The lowest BCUT2D eigenvalue weighted by Crippen LogP contribution is -2.51. The van der Waals surface area contributed by atoms with E-state index in [1.165, 1.54) is 14.2 Å². The number of aryl methyl sites for hydroxylation is 1. The molecule has 1 unspecified atom stereocenters. The molecule has 0 radical (unpaired) electrons. The van der Waals surface area contributed by atoms with Gasteiger partial charge in [-0.05, 0) is 59.9 Å². The minimum atomic E-state index is -0.708. The molecule has 1 saturated heterocycles. The van der Waals surface area contributed by atoms with E-state index < -0.39 is 24.1 Å². The van der Waals surface area contributed by atoms with Gasteiger partial charge in [0.05, 0.1) is 38.1 Å². The highest BCUT2D eigenvalue weighted by atomic mass is 16.5. The van der Waals surface area contributed by atoms with Gasteiger partial charge in [-0.15, -0.1) is 10.2 Å². The number of methoxy groups -OCH3 is 2. The van der Waals surface area contributed by atoms with Crippen LogP contribution in [-0.2, 0) is 32.0 Å². The number of likely N-dealkylation sites (tertiary alicyclic amines) is 1. The highest BCUT2D eigenvalue weighted by molar-refractivity contribution is 5.89. The van der Waals surface area contributed by atoms with Gasteiger partial charge in [-0.2, -0.15) is 0 Å². The predicted octanol–water partition coefficient (Wildman–Crippen LogP) is 5.89. The molecule has 2 aromatic carbocycles. The number of hydrogen-bond acceptors (Lipinski definition) is 9. The van der Waals surface area contributed by atoms with E-state index >= 15 is 0 Å². The van der Waals surface area contributed by atoms with Crippen LogP contribution < -0.4 is 10.6 Å². The standard InChI is InChI=1S/C42H47N9O6/c1-23(2)35(46-42(55)57-4)40(53)51-18-5-6-32(51)39-47-38(48-49-39)28-13-9-25(10-14-28)24-7-11-26(12-8-24)31-21-43-37(44-31)29-20-33(52)34-30(45-41(54)56-3)16-15-27-17-19-50(22-29)36(27)34/h7-14,17,19,21,23,29-30,32,34-35H,5-6,15-16,18,20,22H2,1-4H3,(H,43,44)(H,45,54)(H,46,55)(H,47,48,49)/t29-,30-,32-,34?,35-/m0/s1. The fourth-order valence-electron chi connectivity index (χ4n) is 8.65. The summed E-state index contributed by atoms with van der Waals surface area (Å²) in [5.41, 5.74) is 6.94. The fraction of sp³-hybridized carbons (Fsp3) is 0.405. The van der Waals surface area contributed by atoms with Gasteiger partial charge >= 0.3 is 12.2 Å². The summed E-state index contributed by atoms with van der Waals surface area (Å²) < 4.78 is 11.8. The second kappa shape index (κ2) is 15.7. The first-order valence-corrected chi connectivity index (χ1v) is 19.5. The number of imidazole rings is 1. The van der Waals surface area contributed by atoms with Crippen molar-refractivity contribution in [1.82, 2.24) is 45.2 Å². The predicted molar refractivity (Wildman–Crippen MR) is 210 cm³/mol. The second-order valence-electron chi connectivity index (χ2n) is 15.4. The minimum absolute atomic E-state index is 0.0930. The van der Waals surface area contributed by atoms with Crippen LogP contribution in [0.5, 0.6) is 0 Å². The number of rotatable bonds is 9. The number of alkyl carbamates (subject to hydrolysis) is 2. The molecule has 1 fully saturated rings. The molecule has 2 aliphatic heterocycles. The molecule has 1 aliphatic carbocycles. The molecule has 0 bridgehead atoms. The number of carbonyl (C=O) groups is 4. The zero-order valence-electron chi connectivity index (χ0n) is 32.5. The van der Waals surface area contributed by atoms with Gasteiger partial charge in [0.2, 0.25) is 5.91 Å². The summed E-state index contributed by atoms with van der Waals surface area (Å²) in [5.74, 6) is 1.23. The summed E-state index contributed by atoms with van der Waals surface area (Å²) in [5, 5.41) is 14.4. The van der Waals surface area contributed by atoms with Crippen LogP contribution in [-0.4, -0.2) is 91.3 Å². The van der Waals surface area contributed by atoms with Gasteiger partial charge in [-0.25, -0.2) is 14.6 Å². The summed E-state index contributed by atoms with van der Waals surface area (Å²) in [4.78, 5) is 64.7. The van der Waals surface area contributed by atoms with Gasteiger partial charge < -0.3 is 39.5 Å². The molecule has 8 rings (SSSR count). The number of carbonyl (C=O) groups excluding carboxylic acids is 4. The highest BCUT2D eigenvalue weighted by Gasteiger charge is 2.42. The number of hydrogen-bond donors (Lipinski definition) is 4. The van der Waals surface area contributed by atoms with Crippen LogP contribution in [0.25, 0.3) is 33.8 Å². The Morgan fingerprint density at radius 3 is 2.26 bits per heavy atom. The van der Waals surface area contributed by atoms with Crippen LogP contribution in [0.15, 0.2) is 67.0 Å². The SMILES string of the molecule is COC(=O)N[C@H]1CCc2ccn3c2C1C(=O)C[C@H](c1ncc(-c2ccc(-c4ccc(-c5nnc([C@@H]6CCCN6C(=O)[C@@H](NC(=O)OC)C(C)C)[nH]5)cc4)cc2)[nH]1)C3. The number of Topliss-reactive ketones (excluding diaryl/α,β-unsaturated/α-hetero) is 1. The van der Waals surface area contributed by atoms with Crippen molar-refractivity contribution in [2.24, 2.45) is 5.92 Å². The Morgan fingerprint density at radius 1 is 0.860 bits per heavy atom. The zero-order valence-corrected chi connectivity index (χ0v) is 32.5. The minimum Gasteiger partial charge on any atom is -0.453 e. The molecule has 0 saturated carbocycles. The number of nitrogens with zero attached hydrogens (tertiary/aromatic N) is 5. The van der Waals surface area contributed by atoms with Crippen LogP contribution in [0.1, 0.15) is 80.3 Å². The van der Waals surface area contributed by atoms with Crippen molar-refractivity contribution in [3.63, 3.8) is 0 Å². The van der Waals surface area contributed by atoms with Gasteiger partial charge in [0.1, 0.15) is 17.6 Å². The van der Waals surface area contributed by atoms with E-state index in [9.17, 15) is 19.2 Å². The summed E-state index contributed by atoms with van der Waals surface area (Å²) in [6, 6.07) is 17.1. The average Bonchev–Trinajstić information content (AvgIpc) is 4.06. The Bertz CT molecular complexity index is 2270. The van der Waals surface area contributed by atoms with Gasteiger partial charge in [-0.3, -0.25) is 9.59 Å². The molecular weight excluding hydrogens is 727 g/mol. The Labute approximate surface area is 330 Å². The third-order valence-corrected chi connectivity index (χ3v) is 11.6. The summed E-state index contributed by atoms with van der Waals surface area (Å²) in [7, 11) is 2.62. The van der Waals surface area contributed by atoms with Crippen LogP contribution in [0.4, 0.5) is 9.59 Å². The Kier molecular flexibility index (Phi) is 10.4. The van der Waals surface area contributed by atoms with Crippen molar-refractivity contribution in [3.8, 4) is 33.8 Å². The lowest BCUT2D eigenvalue weighted by molar-refractivity contribution is -0.135. The van der Waals surface area contributed by atoms with E-state index in [0.717, 1.165) is 64.3 Å². The average molecular weight is 774 g/mol. The molecule has 5 aromatic rings. The monoisotopic (exact) mass is 773 g/mol. The Morgan fingerprint density at radius 2 is 1.56 bits per heavy atom. The molecule has 4 N–H and O–H groups in total. The number of H-pyrrole nitrogens is 2. The first-order chi connectivity index (χ1) is 27.6. The molecule has 3 amide bonds. The summed E-state index contributed by atoms with van der Waals surface area (Å²) in [6.45, 7) is 4.96. The molecule has 15 heteroatoms. The molecule has 296 valence electrons. The number of nitrogens with one attached hydrogen (secondary N) is 4. The van der Waals surface area contributed by atoms with Crippen molar-refractivity contribution < 1.29 is 28.7 Å². The van der Waals surface area contributed by atoms with Gasteiger partial charge in [0.25, 0.3) is 0 Å². The molecular formula is C42H47N9O6. The third-order valence-electron chi connectivity index (χ3n) is 11.6. The Balaban J connectivity index is 0.930. The highest BCUT2D eigenvalue weighted by Crippen LogP contribution is 2.40. The topological polar surface area (TPSA) is 189 Å². The maximum absolute atomic E-state index is 13.8. The lowest BCUT2D eigenvalue weighted by Gasteiger charge is -2.31. The largest absolute Gasteiger partial charge is 0.453 e. The molecule has 15 nitrogen and oxygen atoms in total. The van der Waals surface area contributed by atoms with E-state index in [4.69, 9.17) is 14.5 Å². The molecule has 3 aliphatic rings. The van der Waals surface area contributed by atoms with Crippen LogP contribution in [0, 0.1) is 5.92 Å². The van der Waals surface area contributed by atoms with Crippen molar-refractivity contribution in [2.75, 3.05) is 20.8 Å². The first-order valence-electron chi connectivity index (χ1n) is 19.5. The summed E-state index contributed by atoms with van der Waals surface area (Å²) in [6.07, 6.45) is 6.07. The Hall–Kier alpha value is -6.25. The van der Waals surface area contributed by atoms with Crippen molar-refractivity contribution in [3.05, 3.63) is 89.9 Å². The zero-order chi connectivity index (χ0) is 39.8.